The molecule has 1 aromatic rings. The molecular formula is C11H16N4O2S. The molecule has 2 amide bonds. The lowest BCUT2D eigenvalue weighted by atomic mass is 10.4. The first kappa shape index (κ1) is 11.9. The number of carbonyl (C=O) groups excluding carboxylic acids is 1. The SMILES string of the molecule is CCCN1CC(O)N(c2nnc(C3CC3)s2)C1=O. The van der Waals surface area contributed by atoms with Gasteiger partial charge in [-0.2, -0.15) is 0 Å². The zero-order valence-corrected chi connectivity index (χ0v) is 11.1. The second-order valence-electron chi connectivity index (χ2n) is 4.78. The van der Waals surface area contributed by atoms with Crippen LogP contribution in [0.3, 0.4) is 0 Å². The Labute approximate surface area is 109 Å². The molecule has 0 aromatic carbocycles. The molecule has 7 heteroatoms. The van der Waals surface area contributed by atoms with Gasteiger partial charge in [-0.05, 0) is 19.3 Å². The molecule has 1 aliphatic heterocycles. The third-order valence-electron chi connectivity index (χ3n) is 3.21. The Balaban J connectivity index is 1.79. The lowest BCUT2D eigenvalue weighted by Crippen LogP contribution is -2.35. The summed E-state index contributed by atoms with van der Waals surface area (Å²) in [6.07, 6.45) is 2.40. The molecule has 2 aliphatic rings. The van der Waals surface area contributed by atoms with Crippen LogP contribution in [0.2, 0.25) is 0 Å². The van der Waals surface area contributed by atoms with E-state index in [0.29, 0.717) is 24.1 Å². The van der Waals surface area contributed by atoms with Crippen molar-refractivity contribution in [3.8, 4) is 0 Å². The summed E-state index contributed by atoms with van der Waals surface area (Å²) in [5.74, 6) is 0.526. The van der Waals surface area contributed by atoms with Crippen molar-refractivity contribution in [1.82, 2.24) is 15.1 Å². The maximum atomic E-state index is 12.1. The van der Waals surface area contributed by atoms with E-state index in [0.717, 1.165) is 24.3 Å². The minimum absolute atomic E-state index is 0.164. The number of nitrogens with zero attached hydrogens (tertiary/aromatic N) is 4. The van der Waals surface area contributed by atoms with Gasteiger partial charge in [0.25, 0.3) is 0 Å². The van der Waals surface area contributed by atoms with Gasteiger partial charge in [0.1, 0.15) is 5.01 Å². The third-order valence-corrected chi connectivity index (χ3v) is 4.30. The van der Waals surface area contributed by atoms with Gasteiger partial charge in [0.2, 0.25) is 5.13 Å². The van der Waals surface area contributed by atoms with E-state index in [-0.39, 0.29) is 6.03 Å². The number of amides is 2. The Morgan fingerprint density at radius 1 is 1.44 bits per heavy atom. The lowest BCUT2D eigenvalue weighted by Gasteiger charge is -2.15. The largest absolute Gasteiger partial charge is 0.371 e. The fourth-order valence-electron chi connectivity index (χ4n) is 2.12. The average Bonchev–Trinajstić information content (AvgIpc) is 3.02. The van der Waals surface area contributed by atoms with Crippen molar-refractivity contribution in [1.29, 1.82) is 0 Å². The van der Waals surface area contributed by atoms with Gasteiger partial charge in [-0.1, -0.05) is 18.3 Å². The Hall–Kier alpha value is -1.21. The molecule has 1 aromatic heterocycles. The summed E-state index contributed by atoms with van der Waals surface area (Å²) in [6.45, 7) is 3.03. The van der Waals surface area contributed by atoms with Crippen molar-refractivity contribution in [2.45, 2.75) is 38.3 Å². The summed E-state index contributed by atoms with van der Waals surface area (Å²) < 4.78 is 0. The maximum absolute atomic E-state index is 12.1. The number of aliphatic hydroxyl groups excluding tert-OH is 1. The van der Waals surface area contributed by atoms with Crippen LogP contribution < -0.4 is 4.90 Å². The number of urea groups is 1. The zero-order chi connectivity index (χ0) is 12.7. The van der Waals surface area contributed by atoms with Gasteiger partial charge in [-0.25, -0.2) is 9.69 Å². The topological polar surface area (TPSA) is 69.6 Å². The van der Waals surface area contributed by atoms with Gasteiger partial charge in [0.05, 0.1) is 6.54 Å². The summed E-state index contributed by atoms with van der Waals surface area (Å²) in [5, 5.41) is 19.6. The standard InChI is InChI=1S/C11H16N4O2S/c1-2-5-14-6-8(16)15(11(14)17)10-13-12-9(18-10)7-3-4-7/h7-8,16H,2-6H2,1H3. The van der Waals surface area contributed by atoms with Crippen LogP contribution in [0.1, 0.15) is 37.1 Å². The fourth-order valence-corrected chi connectivity index (χ4v) is 3.17. The monoisotopic (exact) mass is 268 g/mol. The molecule has 0 radical (unpaired) electrons. The molecule has 2 fully saturated rings. The van der Waals surface area contributed by atoms with E-state index in [9.17, 15) is 9.90 Å². The number of β-amino-alcohol motifs (C(OH)–C–C–N with tert-alkyl or cyclic N) is 1. The molecule has 0 bridgehead atoms. The number of hydrogen-bond donors (Lipinski definition) is 1. The van der Waals surface area contributed by atoms with Crippen LogP contribution in [-0.4, -0.2) is 45.6 Å². The van der Waals surface area contributed by atoms with E-state index in [1.807, 2.05) is 6.92 Å². The van der Waals surface area contributed by atoms with E-state index >= 15 is 0 Å². The van der Waals surface area contributed by atoms with Crippen LogP contribution in [0.4, 0.5) is 9.93 Å². The summed E-state index contributed by atoms with van der Waals surface area (Å²) in [4.78, 5) is 15.1. The van der Waals surface area contributed by atoms with Crippen LogP contribution in [0.15, 0.2) is 0 Å². The molecule has 0 spiro atoms. The van der Waals surface area contributed by atoms with Crippen molar-refractivity contribution < 1.29 is 9.90 Å². The average molecular weight is 268 g/mol. The van der Waals surface area contributed by atoms with Gasteiger partial charge in [0, 0.05) is 12.5 Å². The molecule has 18 heavy (non-hydrogen) atoms. The lowest BCUT2D eigenvalue weighted by molar-refractivity contribution is 0.177. The second kappa shape index (κ2) is 4.47. The smallest absolute Gasteiger partial charge is 0.328 e. The van der Waals surface area contributed by atoms with Crippen LogP contribution >= 0.6 is 11.3 Å². The van der Waals surface area contributed by atoms with Crippen molar-refractivity contribution in [3.63, 3.8) is 0 Å². The predicted octanol–water partition coefficient (Wildman–Crippen LogP) is 1.39. The van der Waals surface area contributed by atoms with Crippen LogP contribution in [-0.2, 0) is 0 Å². The fraction of sp³-hybridized carbons (Fsp3) is 0.727. The molecule has 6 nitrogen and oxygen atoms in total. The number of carbonyl (C=O) groups is 1. The summed E-state index contributed by atoms with van der Waals surface area (Å²) in [5.41, 5.74) is 0. The highest BCUT2D eigenvalue weighted by atomic mass is 32.1. The highest BCUT2D eigenvalue weighted by Crippen LogP contribution is 2.43. The minimum atomic E-state index is -0.802. The van der Waals surface area contributed by atoms with Crippen molar-refractivity contribution >= 4 is 22.5 Å². The Bertz CT molecular complexity index is 460. The molecule has 1 saturated carbocycles. The predicted molar refractivity (Wildman–Crippen MR) is 67.6 cm³/mol. The first-order valence-corrected chi connectivity index (χ1v) is 7.12. The van der Waals surface area contributed by atoms with E-state index < -0.39 is 6.23 Å². The van der Waals surface area contributed by atoms with E-state index in [2.05, 4.69) is 10.2 Å². The van der Waals surface area contributed by atoms with Crippen molar-refractivity contribution in [2.75, 3.05) is 18.0 Å². The molecule has 1 aliphatic carbocycles. The molecule has 98 valence electrons. The highest BCUT2D eigenvalue weighted by molar-refractivity contribution is 7.15. The van der Waals surface area contributed by atoms with E-state index in [1.165, 1.54) is 16.2 Å². The van der Waals surface area contributed by atoms with Gasteiger partial charge >= 0.3 is 6.03 Å². The van der Waals surface area contributed by atoms with Gasteiger partial charge < -0.3 is 10.0 Å². The second-order valence-corrected chi connectivity index (χ2v) is 5.76. The molecule has 1 N–H and O–H groups in total. The number of anilines is 1. The van der Waals surface area contributed by atoms with Crippen LogP contribution in [0.25, 0.3) is 0 Å². The first-order chi connectivity index (χ1) is 8.70. The number of hydrogen-bond acceptors (Lipinski definition) is 5. The summed E-state index contributed by atoms with van der Waals surface area (Å²) in [7, 11) is 0. The molecule has 1 saturated heterocycles. The summed E-state index contributed by atoms with van der Waals surface area (Å²) >= 11 is 1.42. The Kier molecular flexibility index (Phi) is 2.95. The number of aliphatic hydroxyl groups is 1. The first-order valence-electron chi connectivity index (χ1n) is 6.30. The Morgan fingerprint density at radius 3 is 2.89 bits per heavy atom. The minimum Gasteiger partial charge on any atom is -0.371 e. The molecule has 2 heterocycles. The zero-order valence-electron chi connectivity index (χ0n) is 10.2. The quantitative estimate of drug-likeness (QED) is 0.895. The molecule has 1 atom stereocenters. The normalized spacial score (nSPS) is 24.1. The van der Waals surface area contributed by atoms with Gasteiger partial charge in [-0.15, -0.1) is 10.2 Å². The molecular weight excluding hydrogens is 252 g/mol. The third kappa shape index (κ3) is 1.97. The highest BCUT2D eigenvalue weighted by Gasteiger charge is 2.39. The number of rotatable bonds is 4. The van der Waals surface area contributed by atoms with Crippen LogP contribution in [0.5, 0.6) is 0 Å². The van der Waals surface area contributed by atoms with Gasteiger partial charge in [0.15, 0.2) is 6.23 Å². The molecule has 3 rings (SSSR count). The van der Waals surface area contributed by atoms with Crippen LogP contribution in [0, 0.1) is 0 Å². The summed E-state index contributed by atoms with van der Waals surface area (Å²) in [6, 6.07) is -0.164. The maximum Gasteiger partial charge on any atom is 0.328 e. The van der Waals surface area contributed by atoms with E-state index in [4.69, 9.17) is 0 Å². The Morgan fingerprint density at radius 2 is 2.22 bits per heavy atom. The van der Waals surface area contributed by atoms with Crippen molar-refractivity contribution in [2.24, 2.45) is 0 Å². The number of aromatic nitrogens is 2. The van der Waals surface area contributed by atoms with Crippen molar-refractivity contribution in [3.05, 3.63) is 5.01 Å². The van der Waals surface area contributed by atoms with Gasteiger partial charge in [-0.3, -0.25) is 0 Å². The van der Waals surface area contributed by atoms with E-state index in [1.54, 1.807) is 4.90 Å². The molecule has 1 unspecified atom stereocenters.